The van der Waals surface area contributed by atoms with E-state index in [0.717, 1.165) is 18.0 Å². The van der Waals surface area contributed by atoms with Crippen LogP contribution in [0.2, 0.25) is 0 Å². The molecule has 0 aliphatic heterocycles. The zero-order valence-corrected chi connectivity index (χ0v) is 12.5. The number of hydrogen-bond acceptors (Lipinski definition) is 6. The molecule has 2 aromatic heterocycles. The van der Waals surface area contributed by atoms with E-state index in [1.54, 1.807) is 16.2 Å². The molecule has 0 saturated heterocycles. The average Bonchev–Trinajstić information content (AvgIpc) is 3.08. The lowest BCUT2D eigenvalue weighted by atomic mass is 10.5. The molecule has 2 heterocycles. The van der Waals surface area contributed by atoms with Crippen molar-refractivity contribution in [1.29, 1.82) is 0 Å². The van der Waals surface area contributed by atoms with Crippen LogP contribution in [0.3, 0.4) is 0 Å². The van der Waals surface area contributed by atoms with Crippen molar-refractivity contribution in [1.82, 2.24) is 15.1 Å². The van der Waals surface area contributed by atoms with Crippen molar-refractivity contribution in [2.75, 3.05) is 18.8 Å². The van der Waals surface area contributed by atoms with Crippen LogP contribution in [0.5, 0.6) is 0 Å². The summed E-state index contributed by atoms with van der Waals surface area (Å²) in [6.07, 6.45) is 0. The Balaban J connectivity index is 1.92. The second-order valence-electron chi connectivity index (χ2n) is 3.71. The fourth-order valence-electron chi connectivity index (χ4n) is 1.56. The van der Waals surface area contributed by atoms with Gasteiger partial charge in [0.25, 0.3) is 11.1 Å². The first-order valence-corrected chi connectivity index (χ1v) is 7.89. The van der Waals surface area contributed by atoms with E-state index >= 15 is 0 Å². The van der Waals surface area contributed by atoms with E-state index in [1.165, 1.54) is 11.8 Å². The van der Waals surface area contributed by atoms with Crippen LogP contribution in [-0.2, 0) is 4.79 Å². The zero-order valence-electron chi connectivity index (χ0n) is 10.8. The van der Waals surface area contributed by atoms with Crippen LogP contribution >= 0.6 is 23.1 Å². The van der Waals surface area contributed by atoms with Gasteiger partial charge >= 0.3 is 0 Å². The van der Waals surface area contributed by atoms with Gasteiger partial charge in [0, 0.05) is 13.1 Å². The number of carbonyl (C=O) groups is 1. The molecule has 7 heteroatoms. The summed E-state index contributed by atoms with van der Waals surface area (Å²) in [5.74, 6) is 0.923. The van der Waals surface area contributed by atoms with E-state index in [-0.39, 0.29) is 5.91 Å². The van der Waals surface area contributed by atoms with Crippen molar-refractivity contribution in [2.24, 2.45) is 0 Å². The summed E-state index contributed by atoms with van der Waals surface area (Å²) in [4.78, 5) is 14.6. The highest BCUT2D eigenvalue weighted by Gasteiger charge is 2.14. The van der Waals surface area contributed by atoms with Gasteiger partial charge in [0.1, 0.15) is 0 Å². The van der Waals surface area contributed by atoms with Gasteiger partial charge in [-0.25, -0.2) is 0 Å². The first-order valence-electron chi connectivity index (χ1n) is 6.02. The average molecular weight is 297 g/mol. The van der Waals surface area contributed by atoms with E-state index < -0.39 is 0 Å². The minimum atomic E-state index is 0.0888. The lowest BCUT2D eigenvalue weighted by molar-refractivity contribution is -0.127. The minimum absolute atomic E-state index is 0.0888. The largest absolute Gasteiger partial charge is 0.410 e. The third-order valence-corrected chi connectivity index (χ3v) is 4.23. The summed E-state index contributed by atoms with van der Waals surface area (Å²) in [6.45, 7) is 5.38. The number of hydrogen-bond donors (Lipinski definition) is 0. The highest BCUT2D eigenvalue weighted by molar-refractivity contribution is 7.99. The van der Waals surface area contributed by atoms with Gasteiger partial charge in [-0.15, -0.1) is 21.5 Å². The van der Waals surface area contributed by atoms with Crippen LogP contribution in [0.1, 0.15) is 13.8 Å². The van der Waals surface area contributed by atoms with Crippen molar-refractivity contribution in [3.63, 3.8) is 0 Å². The highest BCUT2D eigenvalue weighted by Crippen LogP contribution is 2.26. The number of amides is 1. The lowest BCUT2D eigenvalue weighted by Crippen LogP contribution is -2.31. The third kappa shape index (κ3) is 3.57. The van der Waals surface area contributed by atoms with Crippen molar-refractivity contribution < 1.29 is 9.21 Å². The molecule has 0 radical (unpaired) electrons. The summed E-state index contributed by atoms with van der Waals surface area (Å²) < 4.78 is 5.51. The van der Waals surface area contributed by atoms with Crippen LogP contribution in [0.4, 0.5) is 0 Å². The Morgan fingerprint density at radius 2 is 2.21 bits per heavy atom. The number of carbonyl (C=O) groups excluding carboxylic acids is 1. The Morgan fingerprint density at radius 1 is 1.42 bits per heavy atom. The standard InChI is InChI=1S/C12H15N3O2S2/c1-3-15(4-2)10(16)8-19-12-14-13-11(17-12)9-6-5-7-18-9/h5-7H,3-4,8H2,1-2H3. The molecular formula is C12H15N3O2S2. The van der Waals surface area contributed by atoms with Gasteiger partial charge in [-0.3, -0.25) is 4.79 Å². The number of thiophene rings is 1. The van der Waals surface area contributed by atoms with E-state index in [0.29, 0.717) is 16.9 Å². The maximum atomic E-state index is 11.8. The van der Waals surface area contributed by atoms with Crippen LogP contribution < -0.4 is 0 Å². The van der Waals surface area contributed by atoms with E-state index in [9.17, 15) is 4.79 Å². The molecule has 0 fully saturated rings. The van der Waals surface area contributed by atoms with Gasteiger partial charge in [0.15, 0.2) is 0 Å². The van der Waals surface area contributed by atoms with Gasteiger partial charge < -0.3 is 9.32 Å². The van der Waals surface area contributed by atoms with Gasteiger partial charge in [0.05, 0.1) is 10.6 Å². The maximum absolute atomic E-state index is 11.8. The molecule has 0 aliphatic rings. The lowest BCUT2D eigenvalue weighted by Gasteiger charge is -2.17. The Morgan fingerprint density at radius 3 is 2.84 bits per heavy atom. The van der Waals surface area contributed by atoms with Gasteiger partial charge in [0.2, 0.25) is 5.91 Å². The molecule has 0 N–H and O–H groups in total. The predicted octanol–water partition coefficient (Wildman–Crippen LogP) is 2.76. The highest BCUT2D eigenvalue weighted by atomic mass is 32.2. The molecule has 19 heavy (non-hydrogen) atoms. The Labute approximate surface area is 120 Å². The molecule has 2 aromatic rings. The second kappa shape index (κ2) is 6.72. The van der Waals surface area contributed by atoms with Crippen LogP contribution in [0.25, 0.3) is 10.8 Å². The van der Waals surface area contributed by atoms with Crippen molar-refractivity contribution >= 4 is 29.0 Å². The Hall–Kier alpha value is -1.34. The monoisotopic (exact) mass is 297 g/mol. The third-order valence-electron chi connectivity index (χ3n) is 2.57. The predicted molar refractivity (Wildman–Crippen MR) is 76.3 cm³/mol. The summed E-state index contributed by atoms with van der Waals surface area (Å²) in [7, 11) is 0. The topological polar surface area (TPSA) is 59.2 Å². The van der Waals surface area contributed by atoms with E-state index in [2.05, 4.69) is 10.2 Å². The smallest absolute Gasteiger partial charge is 0.277 e. The van der Waals surface area contributed by atoms with Gasteiger partial charge in [-0.05, 0) is 25.3 Å². The van der Waals surface area contributed by atoms with Gasteiger partial charge in [-0.1, -0.05) is 17.8 Å². The number of thioether (sulfide) groups is 1. The fraction of sp³-hybridized carbons (Fsp3) is 0.417. The summed E-state index contributed by atoms with van der Waals surface area (Å²) in [5.41, 5.74) is 0. The fourth-order valence-corrected chi connectivity index (χ4v) is 2.87. The summed E-state index contributed by atoms with van der Waals surface area (Å²) >= 11 is 2.82. The molecule has 0 bridgehead atoms. The molecule has 102 valence electrons. The van der Waals surface area contributed by atoms with E-state index in [1.807, 2.05) is 31.4 Å². The molecule has 0 atom stereocenters. The number of aromatic nitrogens is 2. The first-order chi connectivity index (χ1) is 9.24. The molecule has 1 amide bonds. The molecule has 0 aliphatic carbocycles. The molecule has 0 spiro atoms. The second-order valence-corrected chi connectivity index (χ2v) is 5.58. The van der Waals surface area contributed by atoms with Crippen LogP contribution in [0.15, 0.2) is 27.2 Å². The van der Waals surface area contributed by atoms with Crippen molar-refractivity contribution in [2.45, 2.75) is 19.1 Å². The minimum Gasteiger partial charge on any atom is -0.410 e. The number of nitrogens with zero attached hydrogens (tertiary/aromatic N) is 3. The maximum Gasteiger partial charge on any atom is 0.277 e. The molecule has 0 saturated carbocycles. The number of rotatable bonds is 6. The zero-order chi connectivity index (χ0) is 13.7. The van der Waals surface area contributed by atoms with Crippen LogP contribution in [0, 0.1) is 0 Å². The summed E-state index contributed by atoms with van der Waals surface area (Å²) in [5, 5.41) is 10.3. The molecular weight excluding hydrogens is 282 g/mol. The normalized spacial score (nSPS) is 10.6. The first kappa shape index (κ1) is 14.1. The summed E-state index contributed by atoms with van der Waals surface area (Å²) in [6, 6.07) is 3.86. The van der Waals surface area contributed by atoms with Crippen molar-refractivity contribution in [3.05, 3.63) is 17.5 Å². The van der Waals surface area contributed by atoms with Gasteiger partial charge in [-0.2, -0.15) is 0 Å². The van der Waals surface area contributed by atoms with Crippen molar-refractivity contribution in [3.8, 4) is 10.8 Å². The SMILES string of the molecule is CCN(CC)C(=O)CSc1nnc(-c2cccs2)o1. The molecule has 0 unspecified atom stereocenters. The Bertz CT molecular complexity index is 521. The molecule has 2 rings (SSSR count). The Kier molecular flexibility index (Phi) is 4.98. The molecule has 5 nitrogen and oxygen atoms in total. The molecule has 0 aromatic carbocycles. The quantitative estimate of drug-likeness (QED) is 0.767. The van der Waals surface area contributed by atoms with E-state index in [4.69, 9.17) is 4.42 Å². The van der Waals surface area contributed by atoms with Crippen LogP contribution in [-0.4, -0.2) is 39.8 Å².